The van der Waals surface area contributed by atoms with Crippen molar-refractivity contribution in [2.24, 2.45) is 0 Å². The number of rotatable bonds is 4. The number of nitrogen functional groups attached to an aromatic ring is 1. The lowest BCUT2D eigenvalue weighted by Gasteiger charge is -2.13. The fraction of sp³-hybridized carbons (Fsp3) is 0.231. The van der Waals surface area contributed by atoms with Gasteiger partial charge in [0.15, 0.2) is 5.69 Å². The summed E-state index contributed by atoms with van der Waals surface area (Å²) < 4.78 is 16.5. The van der Waals surface area contributed by atoms with Gasteiger partial charge in [-0.2, -0.15) is 0 Å². The number of nitrogens with two attached hydrogens (primary N) is 1. The van der Waals surface area contributed by atoms with Crippen molar-refractivity contribution in [3.63, 3.8) is 0 Å². The number of hydrogen-bond acceptors (Lipinski definition) is 6. The number of nitrogens with zero attached hydrogens (tertiary/aromatic N) is 2. The highest BCUT2D eigenvalue weighted by molar-refractivity contribution is 6.32. The van der Waals surface area contributed by atoms with Crippen LogP contribution in [0.3, 0.4) is 0 Å². The van der Waals surface area contributed by atoms with Gasteiger partial charge < -0.3 is 19.9 Å². The highest BCUT2D eigenvalue weighted by Crippen LogP contribution is 2.36. The van der Waals surface area contributed by atoms with Gasteiger partial charge in [-0.1, -0.05) is 11.6 Å². The minimum atomic E-state index is -0.619. The maximum Gasteiger partial charge on any atom is 0.360 e. The van der Waals surface area contributed by atoms with E-state index in [1.165, 1.54) is 32.2 Å². The van der Waals surface area contributed by atoms with Gasteiger partial charge in [0.1, 0.15) is 23.6 Å². The van der Waals surface area contributed by atoms with E-state index in [0.717, 1.165) is 0 Å². The summed E-state index contributed by atoms with van der Waals surface area (Å²) in [5.74, 6) is 0.414. The molecule has 0 bridgehead atoms. The van der Waals surface area contributed by atoms with Crippen LogP contribution < -0.4 is 15.2 Å². The van der Waals surface area contributed by atoms with Crippen molar-refractivity contribution in [1.82, 2.24) is 9.55 Å². The smallest absolute Gasteiger partial charge is 0.360 e. The summed E-state index contributed by atoms with van der Waals surface area (Å²) in [6, 6.07) is 3.23. The minimum Gasteiger partial charge on any atom is -0.495 e. The van der Waals surface area contributed by atoms with Crippen molar-refractivity contribution in [3.05, 3.63) is 29.2 Å². The lowest BCUT2D eigenvalue weighted by atomic mass is 10.2. The van der Waals surface area contributed by atoms with Crippen molar-refractivity contribution >= 4 is 23.4 Å². The molecule has 0 aliphatic carbocycles. The van der Waals surface area contributed by atoms with Crippen molar-refractivity contribution < 1.29 is 19.0 Å². The van der Waals surface area contributed by atoms with Crippen LogP contribution in [-0.2, 0) is 4.74 Å². The summed E-state index contributed by atoms with van der Waals surface area (Å²) in [6.45, 7) is 0. The molecule has 1 heterocycles. The van der Waals surface area contributed by atoms with Crippen molar-refractivity contribution in [1.29, 1.82) is 0 Å². The van der Waals surface area contributed by atoms with E-state index in [1.54, 1.807) is 12.1 Å². The first-order chi connectivity index (χ1) is 10.0. The molecule has 0 saturated carbocycles. The second kappa shape index (κ2) is 5.92. The van der Waals surface area contributed by atoms with Crippen LogP contribution in [0.25, 0.3) is 5.69 Å². The first-order valence-corrected chi connectivity index (χ1v) is 6.24. The number of anilines is 1. The Balaban J connectivity index is 2.61. The Hall–Kier alpha value is -2.41. The summed E-state index contributed by atoms with van der Waals surface area (Å²) in [5.41, 5.74) is 6.50. The molecule has 0 spiro atoms. The zero-order valence-corrected chi connectivity index (χ0v) is 12.5. The second-order valence-electron chi connectivity index (χ2n) is 4.00. The van der Waals surface area contributed by atoms with E-state index < -0.39 is 5.97 Å². The van der Waals surface area contributed by atoms with Gasteiger partial charge in [-0.15, -0.1) is 0 Å². The number of ether oxygens (including phenoxy) is 3. The number of benzene rings is 1. The minimum absolute atomic E-state index is 0.0217. The quantitative estimate of drug-likeness (QED) is 0.868. The molecular formula is C13H14ClN3O4. The van der Waals surface area contributed by atoms with Crippen LogP contribution in [0.2, 0.25) is 5.02 Å². The average Bonchev–Trinajstić information content (AvgIpc) is 2.87. The van der Waals surface area contributed by atoms with E-state index in [2.05, 4.69) is 9.72 Å². The van der Waals surface area contributed by atoms with E-state index in [-0.39, 0.29) is 11.5 Å². The predicted octanol–water partition coefficient (Wildman–Crippen LogP) is 1.91. The van der Waals surface area contributed by atoms with E-state index >= 15 is 0 Å². The number of carbonyl (C=O) groups is 1. The number of aromatic nitrogens is 2. The molecule has 0 aliphatic heterocycles. The third-order valence-corrected chi connectivity index (χ3v) is 3.19. The molecule has 1 aromatic heterocycles. The van der Waals surface area contributed by atoms with Crippen molar-refractivity contribution in [3.8, 4) is 17.2 Å². The summed E-state index contributed by atoms with van der Waals surface area (Å²) in [5, 5.41) is 0.393. The molecule has 0 atom stereocenters. The van der Waals surface area contributed by atoms with Gasteiger partial charge in [-0.05, 0) is 0 Å². The molecule has 0 amide bonds. The first-order valence-electron chi connectivity index (χ1n) is 5.86. The molecule has 1 aromatic carbocycles. The molecule has 0 unspecified atom stereocenters. The molecule has 0 radical (unpaired) electrons. The van der Waals surface area contributed by atoms with Gasteiger partial charge in [0, 0.05) is 12.1 Å². The molecule has 2 rings (SSSR count). The average molecular weight is 312 g/mol. The molecular weight excluding hydrogens is 298 g/mol. The van der Waals surface area contributed by atoms with Crippen molar-refractivity contribution in [2.75, 3.05) is 27.1 Å². The molecule has 0 fully saturated rings. The Morgan fingerprint density at radius 1 is 1.24 bits per heavy atom. The van der Waals surface area contributed by atoms with E-state index in [0.29, 0.717) is 22.2 Å². The molecule has 2 aromatic rings. The number of imidazole rings is 1. The number of esters is 1. The van der Waals surface area contributed by atoms with Gasteiger partial charge in [0.2, 0.25) is 0 Å². The standard InChI is InChI=1S/C13H14ClN3O4/c1-19-9-5-8(10(20-2)4-7(9)14)17-6-16-11(12(17)15)13(18)21-3/h4-6H,15H2,1-3H3. The highest BCUT2D eigenvalue weighted by atomic mass is 35.5. The Morgan fingerprint density at radius 3 is 2.48 bits per heavy atom. The Kier molecular flexibility index (Phi) is 4.23. The van der Waals surface area contributed by atoms with E-state index in [1.807, 2.05) is 0 Å². The van der Waals surface area contributed by atoms with Crippen LogP contribution >= 0.6 is 11.6 Å². The number of hydrogen-bond donors (Lipinski definition) is 1. The van der Waals surface area contributed by atoms with Crippen LogP contribution in [-0.4, -0.2) is 36.8 Å². The lowest BCUT2D eigenvalue weighted by Crippen LogP contribution is -2.08. The maximum atomic E-state index is 11.6. The van der Waals surface area contributed by atoms with Crippen LogP contribution in [0.15, 0.2) is 18.5 Å². The van der Waals surface area contributed by atoms with Crippen LogP contribution in [0.5, 0.6) is 11.5 Å². The molecule has 0 saturated heterocycles. The van der Waals surface area contributed by atoms with E-state index in [4.69, 9.17) is 26.8 Å². The zero-order valence-electron chi connectivity index (χ0n) is 11.7. The Bertz CT molecular complexity index is 684. The van der Waals surface area contributed by atoms with Crippen LogP contribution in [0.4, 0.5) is 5.82 Å². The SMILES string of the molecule is COC(=O)c1ncn(-c2cc(OC)c(Cl)cc2OC)c1N. The first kappa shape index (κ1) is 15.0. The second-order valence-corrected chi connectivity index (χ2v) is 4.41. The van der Waals surface area contributed by atoms with Gasteiger partial charge in [-0.25, -0.2) is 9.78 Å². The van der Waals surface area contributed by atoms with Gasteiger partial charge in [0.25, 0.3) is 0 Å². The molecule has 7 nitrogen and oxygen atoms in total. The fourth-order valence-corrected chi connectivity index (χ4v) is 2.07. The number of methoxy groups -OCH3 is 3. The molecule has 112 valence electrons. The third kappa shape index (κ3) is 2.59. The van der Waals surface area contributed by atoms with Gasteiger partial charge in [0.05, 0.1) is 32.0 Å². The normalized spacial score (nSPS) is 10.3. The maximum absolute atomic E-state index is 11.6. The van der Waals surface area contributed by atoms with Gasteiger partial charge >= 0.3 is 5.97 Å². The number of carbonyl (C=O) groups excluding carboxylic acids is 1. The number of halogens is 1. The van der Waals surface area contributed by atoms with E-state index in [9.17, 15) is 4.79 Å². The molecule has 21 heavy (non-hydrogen) atoms. The predicted molar refractivity (Wildman–Crippen MR) is 77.4 cm³/mol. The summed E-state index contributed by atoms with van der Waals surface area (Å²) >= 11 is 6.05. The summed E-state index contributed by atoms with van der Waals surface area (Å²) in [4.78, 5) is 15.5. The topological polar surface area (TPSA) is 88.6 Å². The van der Waals surface area contributed by atoms with Crippen LogP contribution in [0, 0.1) is 0 Å². The van der Waals surface area contributed by atoms with Crippen molar-refractivity contribution in [2.45, 2.75) is 0 Å². The largest absolute Gasteiger partial charge is 0.495 e. The summed E-state index contributed by atoms with van der Waals surface area (Å²) in [7, 11) is 4.25. The van der Waals surface area contributed by atoms with Gasteiger partial charge in [-0.3, -0.25) is 4.57 Å². The molecule has 2 N–H and O–H groups in total. The highest BCUT2D eigenvalue weighted by Gasteiger charge is 2.20. The third-order valence-electron chi connectivity index (χ3n) is 2.90. The zero-order chi connectivity index (χ0) is 15.6. The Labute approximate surface area is 126 Å². The molecule has 0 aliphatic rings. The lowest BCUT2D eigenvalue weighted by molar-refractivity contribution is 0.0596. The Morgan fingerprint density at radius 2 is 1.90 bits per heavy atom. The summed E-state index contributed by atoms with van der Waals surface area (Å²) in [6.07, 6.45) is 1.40. The fourth-order valence-electron chi connectivity index (χ4n) is 1.84. The van der Waals surface area contributed by atoms with Crippen LogP contribution in [0.1, 0.15) is 10.5 Å². The monoisotopic (exact) mass is 311 g/mol. The molecule has 8 heteroatoms.